The summed E-state index contributed by atoms with van der Waals surface area (Å²) < 4.78 is 14.4. The largest absolute Gasteiger partial charge is 0.396 e. The van der Waals surface area contributed by atoms with Crippen molar-refractivity contribution in [3.63, 3.8) is 0 Å². The Labute approximate surface area is 164 Å². The number of nitrogens with one attached hydrogen (secondary N) is 1. The van der Waals surface area contributed by atoms with Gasteiger partial charge in [0.25, 0.3) is 0 Å². The molecule has 0 amide bonds. The molecule has 27 heavy (non-hydrogen) atoms. The summed E-state index contributed by atoms with van der Waals surface area (Å²) in [6, 6.07) is 6.99. The van der Waals surface area contributed by atoms with Gasteiger partial charge in [0.15, 0.2) is 0 Å². The molecule has 1 fully saturated rings. The lowest BCUT2D eigenvalue weighted by molar-refractivity contribution is 0.208. The van der Waals surface area contributed by atoms with E-state index in [2.05, 4.69) is 20.2 Å². The minimum atomic E-state index is -0.465. The molecule has 0 radical (unpaired) electrons. The maximum atomic E-state index is 14.4. The number of aliphatic hydroxyl groups is 1. The van der Waals surface area contributed by atoms with Gasteiger partial charge in [-0.25, -0.2) is 14.4 Å². The van der Waals surface area contributed by atoms with Gasteiger partial charge in [-0.1, -0.05) is 37.6 Å². The summed E-state index contributed by atoms with van der Waals surface area (Å²) in [6.07, 6.45) is 3.62. The van der Waals surface area contributed by atoms with Gasteiger partial charge < -0.3 is 15.3 Å². The molecule has 1 atom stereocenters. The van der Waals surface area contributed by atoms with Crippen molar-refractivity contribution in [3.05, 3.63) is 47.0 Å². The zero-order chi connectivity index (χ0) is 19.4. The van der Waals surface area contributed by atoms with E-state index >= 15 is 0 Å². The lowest BCUT2D eigenvalue weighted by Crippen LogP contribution is -2.37. The van der Waals surface area contributed by atoms with E-state index in [1.54, 1.807) is 18.2 Å². The number of benzene rings is 1. The van der Waals surface area contributed by atoms with E-state index in [1.165, 1.54) is 6.33 Å². The molecule has 3 rings (SSSR count). The van der Waals surface area contributed by atoms with Crippen molar-refractivity contribution in [3.8, 4) is 0 Å². The lowest BCUT2D eigenvalue weighted by atomic mass is 9.84. The van der Waals surface area contributed by atoms with E-state index in [-0.39, 0.29) is 23.4 Å². The van der Waals surface area contributed by atoms with Crippen molar-refractivity contribution < 1.29 is 9.50 Å². The Balaban J connectivity index is 1.70. The molecular weight excluding hydrogens is 367 g/mol. The Morgan fingerprint density at radius 3 is 2.96 bits per heavy atom. The van der Waals surface area contributed by atoms with Crippen molar-refractivity contribution in [2.45, 2.75) is 32.1 Å². The predicted molar refractivity (Wildman–Crippen MR) is 107 cm³/mol. The summed E-state index contributed by atoms with van der Waals surface area (Å²) in [5, 5.41) is 12.9. The van der Waals surface area contributed by atoms with Crippen LogP contribution in [0.4, 0.5) is 16.0 Å². The summed E-state index contributed by atoms with van der Waals surface area (Å²) in [6.45, 7) is 6.35. The third-order valence-electron chi connectivity index (χ3n) is 5.15. The van der Waals surface area contributed by atoms with E-state index in [0.29, 0.717) is 17.9 Å². The van der Waals surface area contributed by atoms with Crippen molar-refractivity contribution in [1.82, 2.24) is 9.97 Å². The Morgan fingerprint density at radius 2 is 2.19 bits per heavy atom. The summed E-state index contributed by atoms with van der Waals surface area (Å²) in [5.41, 5.74) is 0.103. The van der Waals surface area contributed by atoms with Gasteiger partial charge in [0.05, 0.1) is 5.02 Å². The second-order valence-electron chi connectivity index (χ2n) is 7.74. The third-order valence-corrected chi connectivity index (χ3v) is 5.44. The highest BCUT2D eigenvalue weighted by atomic mass is 35.5. The van der Waals surface area contributed by atoms with Crippen molar-refractivity contribution in [2.75, 3.05) is 36.5 Å². The Morgan fingerprint density at radius 1 is 1.37 bits per heavy atom. The van der Waals surface area contributed by atoms with Crippen LogP contribution in [0.5, 0.6) is 0 Å². The van der Waals surface area contributed by atoms with Crippen LogP contribution >= 0.6 is 11.6 Å². The first kappa shape index (κ1) is 19.8. The molecule has 7 heteroatoms. The van der Waals surface area contributed by atoms with Crippen LogP contribution in [0, 0.1) is 11.7 Å². The summed E-state index contributed by atoms with van der Waals surface area (Å²) >= 11 is 5.93. The zero-order valence-electron chi connectivity index (χ0n) is 15.8. The third kappa shape index (κ3) is 4.68. The topological polar surface area (TPSA) is 61.3 Å². The molecule has 2 aromatic rings. The van der Waals surface area contributed by atoms with E-state index in [1.807, 2.05) is 19.9 Å². The molecule has 1 saturated heterocycles. The van der Waals surface area contributed by atoms with Crippen LogP contribution in [0.2, 0.25) is 5.02 Å². The fourth-order valence-corrected chi connectivity index (χ4v) is 3.65. The molecular formula is C20H26ClFN4O. The van der Waals surface area contributed by atoms with Crippen LogP contribution in [0.3, 0.4) is 0 Å². The van der Waals surface area contributed by atoms with Gasteiger partial charge in [0, 0.05) is 37.7 Å². The smallest absolute Gasteiger partial charge is 0.145 e. The molecule has 5 nitrogen and oxygen atoms in total. The average molecular weight is 393 g/mol. The fraction of sp³-hybridized carbons (Fsp3) is 0.500. The molecule has 146 valence electrons. The van der Waals surface area contributed by atoms with Gasteiger partial charge in [-0.3, -0.25) is 0 Å². The number of anilines is 2. The minimum Gasteiger partial charge on any atom is -0.396 e. The highest BCUT2D eigenvalue weighted by molar-refractivity contribution is 6.30. The number of hydrogen-bond donors (Lipinski definition) is 2. The predicted octanol–water partition coefficient (Wildman–Crippen LogP) is 3.87. The molecule has 1 aromatic heterocycles. The number of nitrogens with zero attached hydrogens (tertiary/aromatic N) is 3. The summed E-state index contributed by atoms with van der Waals surface area (Å²) in [5.74, 6) is 1.45. The number of hydrogen-bond acceptors (Lipinski definition) is 5. The Bertz CT molecular complexity index is 786. The lowest BCUT2D eigenvalue weighted by Gasteiger charge is -2.33. The Kier molecular flexibility index (Phi) is 6.17. The summed E-state index contributed by atoms with van der Waals surface area (Å²) in [7, 11) is 0. The number of aliphatic hydroxyl groups excluding tert-OH is 1. The molecule has 0 saturated carbocycles. The van der Waals surface area contributed by atoms with Crippen LogP contribution in [0.25, 0.3) is 0 Å². The molecule has 2 N–H and O–H groups in total. The second kappa shape index (κ2) is 8.40. The SMILES string of the molecule is CC(C)(CNc1cc(N2CCCC(CO)C2)ncn1)c1cccc(Cl)c1F. The monoisotopic (exact) mass is 392 g/mol. The molecule has 1 unspecified atom stereocenters. The first-order valence-corrected chi connectivity index (χ1v) is 9.65. The quantitative estimate of drug-likeness (QED) is 0.781. The molecule has 0 aliphatic carbocycles. The highest BCUT2D eigenvalue weighted by Crippen LogP contribution is 2.30. The normalized spacial score (nSPS) is 17.8. The molecule has 1 aliphatic heterocycles. The average Bonchev–Trinajstić information content (AvgIpc) is 2.69. The van der Waals surface area contributed by atoms with E-state index < -0.39 is 5.41 Å². The number of aromatic nitrogens is 2. The molecule has 0 spiro atoms. The van der Waals surface area contributed by atoms with Crippen molar-refractivity contribution in [2.24, 2.45) is 5.92 Å². The van der Waals surface area contributed by atoms with Crippen LogP contribution in [0.1, 0.15) is 32.3 Å². The van der Waals surface area contributed by atoms with Gasteiger partial charge in [-0.15, -0.1) is 0 Å². The van der Waals surface area contributed by atoms with Gasteiger partial charge in [0.2, 0.25) is 0 Å². The van der Waals surface area contributed by atoms with E-state index in [0.717, 1.165) is 31.7 Å². The highest BCUT2D eigenvalue weighted by Gasteiger charge is 2.26. The van der Waals surface area contributed by atoms with E-state index in [9.17, 15) is 9.50 Å². The van der Waals surface area contributed by atoms with Crippen molar-refractivity contribution in [1.29, 1.82) is 0 Å². The van der Waals surface area contributed by atoms with Gasteiger partial charge in [-0.2, -0.15) is 0 Å². The number of piperidine rings is 1. The van der Waals surface area contributed by atoms with E-state index in [4.69, 9.17) is 11.6 Å². The van der Waals surface area contributed by atoms with Gasteiger partial charge in [0.1, 0.15) is 23.8 Å². The maximum Gasteiger partial charge on any atom is 0.145 e. The van der Waals surface area contributed by atoms with Gasteiger partial charge >= 0.3 is 0 Å². The fourth-order valence-electron chi connectivity index (χ4n) is 3.47. The van der Waals surface area contributed by atoms with Crippen molar-refractivity contribution >= 4 is 23.2 Å². The first-order valence-electron chi connectivity index (χ1n) is 9.27. The molecule has 1 aromatic carbocycles. The van der Waals surface area contributed by atoms with Crippen LogP contribution in [-0.4, -0.2) is 41.3 Å². The standard InChI is InChI=1S/C20H26ClFN4O/c1-20(2,15-6-3-7-16(21)19(15)22)12-23-17-9-18(25-13-24-17)26-8-4-5-14(10-26)11-27/h3,6-7,9,13-14,27H,4-5,8,10-12H2,1-2H3,(H,23,24,25). The Hall–Kier alpha value is -1.92. The number of rotatable bonds is 6. The van der Waals surface area contributed by atoms with Gasteiger partial charge in [-0.05, 0) is 30.4 Å². The van der Waals surface area contributed by atoms with Crippen LogP contribution in [-0.2, 0) is 5.41 Å². The van der Waals surface area contributed by atoms with Crippen LogP contribution < -0.4 is 10.2 Å². The van der Waals surface area contributed by atoms with Crippen LogP contribution in [0.15, 0.2) is 30.6 Å². The molecule has 2 heterocycles. The molecule has 1 aliphatic rings. The summed E-state index contributed by atoms with van der Waals surface area (Å²) in [4.78, 5) is 10.8. The maximum absolute atomic E-state index is 14.4. The number of halogens is 2. The first-order chi connectivity index (χ1) is 12.9. The minimum absolute atomic E-state index is 0.133. The molecule has 0 bridgehead atoms. The second-order valence-corrected chi connectivity index (χ2v) is 8.14. The zero-order valence-corrected chi connectivity index (χ0v) is 16.5.